The summed E-state index contributed by atoms with van der Waals surface area (Å²) in [6, 6.07) is 4.95. The second kappa shape index (κ2) is 6.80. The molecule has 0 amide bonds. The van der Waals surface area contributed by atoms with Crippen LogP contribution in [-0.4, -0.2) is 29.4 Å². The smallest absolute Gasteiger partial charge is 0.180 e. The van der Waals surface area contributed by atoms with Gasteiger partial charge < -0.3 is 15.6 Å². The van der Waals surface area contributed by atoms with Gasteiger partial charge in [-0.1, -0.05) is 11.8 Å². The van der Waals surface area contributed by atoms with Crippen LogP contribution in [-0.2, 0) is 0 Å². The van der Waals surface area contributed by atoms with Gasteiger partial charge in [-0.3, -0.25) is 0 Å². The molecule has 0 bridgehead atoms. The van der Waals surface area contributed by atoms with Crippen LogP contribution in [0.5, 0.6) is 11.5 Å². The minimum Gasteiger partial charge on any atom is -0.504 e. The van der Waals surface area contributed by atoms with E-state index in [9.17, 15) is 5.11 Å². The van der Waals surface area contributed by atoms with E-state index >= 15 is 0 Å². The van der Waals surface area contributed by atoms with Gasteiger partial charge in [0.2, 0.25) is 0 Å². The highest BCUT2D eigenvalue weighted by Gasteiger charge is 2.01. The molecule has 92 valence electrons. The van der Waals surface area contributed by atoms with Crippen molar-refractivity contribution in [3.63, 3.8) is 0 Å². The van der Waals surface area contributed by atoms with Crippen LogP contribution in [0, 0.1) is 0 Å². The average Bonchev–Trinajstić information content (AvgIpc) is 2.33. The molecule has 17 heavy (non-hydrogen) atoms. The first-order valence-corrected chi connectivity index (χ1v) is 6.26. The number of thioether (sulfide) groups is 1. The van der Waals surface area contributed by atoms with E-state index in [0.29, 0.717) is 17.5 Å². The predicted octanol–water partition coefficient (Wildman–Crippen LogP) is 1.80. The third-order valence-corrected chi connectivity index (χ3v) is 2.36. The number of rotatable bonds is 4. The Morgan fingerprint density at radius 3 is 3.00 bits per heavy atom. The van der Waals surface area contributed by atoms with Gasteiger partial charge in [0.05, 0.1) is 12.8 Å². The highest BCUT2D eigenvalue weighted by atomic mass is 32.2. The first kappa shape index (κ1) is 13.4. The lowest BCUT2D eigenvalue weighted by Gasteiger charge is -2.05. The van der Waals surface area contributed by atoms with Crippen LogP contribution in [0.4, 0.5) is 0 Å². The van der Waals surface area contributed by atoms with Crippen molar-refractivity contribution in [1.29, 1.82) is 0 Å². The largest absolute Gasteiger partial charge is 0.504 e. The van der Waals surface area contributed by atoms with Crippen molar-refractivity contribution < 1.29 is 9.84 Å². The number of phenolic OH excluding ortho intramolecular Hbond substituents is 1. The SMILES string of the molecule is CCOc1cc(/C=N\N=C(/N)SC)ccc1O. The van der Waals surface area contributed by atoms with Crippen molar-refractivity contribution in [3.8, 4) is 11.5 Å². The lowest BCUT2D eigenvalue weighted by Crippen LogP contribution is -2.03. The fraction of sp³-hybridized carbons (Fsp3) is 0.273. The van der Waals surface area contributed by atoms with E-state index in [4.69, 9.17) is 10.5 Å². The molecule has 0 fully saturated rings. The third-order valence-electron chi connectivity index (χ3n) is 1.86. The molecule has 0 saturated carbocycles. The molecule has 0 saturated heterocycles. The van der Waals surface area contributed by atoms with Crippen molar-refractivity contribution in [2.45, 2.75) is 6.92 Å². The summed E-state index contributed by atoms with van der Waals surface area (Å²) in [6.45, 7) is 2.34. The lowest BCUT2D eigenvalue weighted by molar-refractivity contribution is 0.318. The first-order chi connectivity index (χ1) is 8.17. The molecule has 0 radical (unpaired) electrons. The fourth-order valence-electron chi connectivity index (χ4n) is 1.08. The Balaban J connectivity index is 2.82. The number of benzene rings is 1. The Morgan fingerprint density at radius 2 is 2.35 bits per heavy atom. The average molecular weight is 253 g/mol. The summed E-state index contributed by atoms with van der Waals surface area (Å²) in [6.07, 6.45) is 3.37. The quantitative estimate of drug-likeness (QED) is 0.487. The summed E-state index contributed by atoms with van der Waals surface area (Å²) in [5, 5.41) is 17.5. The lowest BCUT2D eigenvalue weighted by atomic mass is 10.2. The number of nitrogens with zero attached hydrogens (tertiary/aromatic N) is 2. The number of phenols is 1. The molecule has 0 aliphatic heterocycles. The maximum Gasteiger partial charge on any atom is 0.180 e. The van der Waals surface area contributed by atoms with Crippen LogP contribution in [0.1, 0.15) is 12.5 Å². The maximum absolute atomic E-state index is 9.50. The molecular formula is C11H15N3O2S. The maximum atomic E-state index is 9.50. The number of amidine groups is 1. The van der Waals surface area contributed by atoms with Gasteiger partial charge in [-0.05, 0) is 36.9 Å². The molecule has 1 rings (SSSR count). The van der Waals surface area contributed by atoms with Gasteiger partial charge in [-0.25, -0.2) is 0 Å². The molecule has 6 heteroatoms. The summed E-state index contributed by atoms with van der Waals surface area (Å²) in [7, 11) is 0. The number of hydrogen-bond acceptors (Lipinski definition) is 5. The van der Waals surface area contributed by atoms with Gasteiger partial charge in [-0.15, -0.1) is 5.10 Å². The zero-order valence-corrected chi connectivity index (χ0v) is 10.6. The van der Waals surface area contributed by atoms with Gasteiger partial charge >= 0.3 is 0 Å². The topological polar surface area (TPSA) is 80.2 Å². The zero-order chi connectivity index (χ0) is 12.7. The van der Waals surface area contributed by atoms with E-state index in [1.54, 1.807) is 24.4 Å². The number of ether oxygens (including phenoxy) is 1. The molecule has 5 nitrogen and oxygen atoms in total. The summed E-state index contributed by atoms with van der Waals surface area (Å²) >= 11 is 1.32. The first-order valence-electron chi connectivity index (χ1n) is 5.03. The Bertz CT molecular complexity index is 433. The van der Waals surface area contributed by atoms with E-state index < -0.39 is 0 Å². The van der Waals surface area contributed by atoms with Crippen LogP contribution in [0.2, 0.25) is 0 Å². The molecule has 3 N–H and O–H groups in total. The molecule has 0 aliphatic carbocycles. The minimum atomic E-state index is 0.108. The van der Waals surface area contributed by atoms with E-state index in [0.717, 1.165) is 5.56 Å². The van der Waals surface area contributed by atoms with Crippen LogP contribution >= 0.6 is 11.8 Å². The van der Waals surface area contributed by atoms with Crippen molar-refractivity contribution in [1.82, 2.24) is 0 Å². The van der Waals surface area contributed by atoms with E-state index in [1.165, 1.54) is 11.8 Å². The monoisotopic (exact) mass is 253 g/mol. The molecule has 0 atom stereocenters. The van der Waals surface area contributed by atoms with E-state index in [1.807, 2.05) is 13.2 Å². The predicted molar refractivity (Wildman–Crippen MR) is 72.0 cm³/mol. The highest BCUT2D eigenvalue weighted by Crippen LogP contribution is 2.26. The minimum absolute atomic E-state index is 0.108. The van der Waals surface area contributed by atoms with Crippen LogP contribution in [0.25, 0.3) is 0 Å². The summed E-state index contributed by atoms with van der Waals surface area (Å²) < 4.78 is 5.25. The molecule has 0 heterocycles. The van der Waals surface area contributed by atoms with Gasteiger partial charge in [0.1, 0.15) is 0 Å². The summed E-state index contributed by atoms with van der Waals surface area (Å²) in [4.78, 5) is 0. The number of aromatic hydroxyl groups is 1. The molecule has 0 aromatic heterocycles. The number of nitrogens with two attached hydrogens (primary N) is 1. The van der Waals surface area contributed by atoms with E-state index in [2.05, 4.69) is 10.2 Å². The Kier molecular flexibility index (Phi) is 5.35. The van der Waals surface area contributed by atoms with Crippen molar-refractivity contribution >= 4 is 23.1 Å². The molecule has 1 aromatic rings. The zero-order valence-electron chi connectivity index (χ0n) is 9.75. The number of hydrogen-bond donors (Lipinski definition) is 2. The molecule has 0 spiro atoms. The second-order valence-corrected chi connectivity index (χ2v) is 3.87. The van der Waals surface area contributed by atoms with Gasteiger partial charge in [-0.2, -0.15) is 5.10 Å². The Morgan fingerprint density at radius 1 is 1.59 bits per heavy atom. The highest BCUT2D eigenvalue weighted by molar-refractivity contribution is 8.13. The normalized spacial score (nSPS) is 12.0. The van der Waals surface area contributed by atoms with E-state index in [-0.39, 0.29) is 5.75 Å². The van der Waals surface area contributed by atoms with Crippen LogP contribution in [0.3, 0.4) is 0 Å². The van der Waals surface area contributed by atoms with Crippen molar-refractivity contribution in [2.24, 2.45) is 15.9 Å². The molecule has 1 aromatic carbocycles. The Hall–Kier alpha value is -1.69. The van der Waals surface area contributed by atoms with Gasteiger partial charge in [0.25, 0.3) is 0 Å². The Labute approximate surface area is 104 Å². The molecule has 0 aliphatic rings. The molecule has 0 unspecified atom stereocenters. The van der Waals surface area contributed by atoms with Crippen LogP contribution < -0.4 is 10.5 Å². The fourth-order valence-corrected chi connectivity index (χ4v) is 1.20. The van der Waals surface area contributed by atoms with Crippen molar-refractivity contribution in [2.75, 3.05) is 12.9 Å². The van der Waals surface area contributed by atoms with Crippen LogP contribution in [0.15, 0.2) is 28.4 Å². The van der Waals surface area contributed by atoms with Crippen molar-refractivity contribution in [3.05, 3.63) is 23.8 Å². The third kappa shape index (κ3) is 4.36. The second-order valence-electron chi connectivity index (χ2n) is 3.05. The summed E-state index contributed by atoms with van der Waals surface area (Å²) in [5.41, 5.74) is 6.25. The summed E-state index contributed by atoms with van der Waals surface area (Å²) in [5.74, 6) is 0.536. The van der Waals surface area contributed by atoms with Gasteiger partial charge in [0.15, 0.2) is 16.7 Å². The van der Waals surface area contributed by atoms with Gasteiger partial charge in [0, 0.05) is 0 Å². The standard InChI is InChI=1S/C11H15N3O2S/c1-3-16-10-6-8(4-5-9(10)15)7-13-14-11(12)17-2/h4-7,15H,3H2,1-2H3,(H2,12,14)/b13-7-. The molecular weight excluding hydrogens is 238 g/mol.